The molecule has 0 spiro atoms. The summed E-state index contributed by atoms with van der Waals surface area (Å²) in [4.78, 5) is 39.3. The fraction of sp³-hybridized carbons (Fsp3) is 0. The van der Waals surface area contributed by atoms with E-state index in [1.165, 1.54) is 28.8 Å². The van der Waals surface area contributed by atoms with Crippen molar-refractivity contribution in [2.24, 2.45) is 0 Å². The second-order valence-corrected chi connectivity index (χ2v) is 6.66. The van der Waals surface area contributed by atoms with Gasteiger partial charge < -0.3 is 5.11 Å². The number of hydrogen-bond acceptors (Lipinski definition) is 5. The van der Waals surface area contributed by atoms with Gasteiger partial charge in [0.1, 0.15) is 5.82 Å². The molecule has 152 valence electrons. The van der Waals surface area contributed by atoms with Gasteiger partial charge in [0.05, 0.1) is 27.1 Å². The van der Waals surface area contributed by atoms with Crippen molar-refractivity contribution >= 4 is 34.7 Å². The van der Waals surface area contributed by atoms with Crippen molar-refractivity contribution in [3.05, 3.63) is 110 Å². The highest BCUT2D eigenvalue weighted by Crippen LogP contribution is 2.17. The minimum absolute atomic E-state index is 0.0172. The van der Waals surface area contributed by atoms with E-state index < -0.39 is 10.9 Å². The van der Waals surface area contributed by atoms with Gasteiger partial charge in [0.15, 0.2) is 0 Å². The SMILES string of the molecule is O=C(O)c1ccc(-n2c(/C=C/c3ccc([N+](=O)[O-])cc3)nc3ccccc3c2=O)cc1. The lowest BCUT2D eigenvalue weighted by Crippen LogP contribution is -2.22. The summed E-state index contributed by atoms with van der Waals surface area (Å²) >= 11 is 0. The van der Waals surface area contributed by atoms with Crippen molar-refractivity contribution in [3.63, 3.8) is 0 Å². The van der Waals surface area contributed by atoms with E-state index in [9.17, 15) is 19.7 Å². The molecule has 8 heteroatoms. The Morgan fingerprint density at radius 3 is 2.29 bits per heavy atom. The van der Waals surface area contributed by atoms with Gasteiger partial charge in [0, 0.05) is 12.1 Å². The summed E-state index contributed by atoms with van der Waals surface area (Å²) in [5.41, 5.74) is 1.48. The number of non-ortho nitro benzene ring substituents is 1. The first kappa shape index (κ1) is 19.7. The lowest BCUT2D eigenvalue weighted by Gasteiger charge is -2.11. The number of nitro benzene ring substituents is 1. The third-order valence-electron chi connectivity index (χ3n) is 4.70. The second-order valence-electron chi connectivity index (χ2n) is 6.66. The zero-order valence-corrected chi connectivity index (χ0v) is 16.0. The van der Waals surface area contributed by atoms with Crippen LogP contribution in [0.1, 0.15) is 21.7 Å². The quantitative estimate of drug-likeness (QED) is 0.388. The Hall–Kier alpha value is -4.59. The van der Waals surface area contributed by atoms with Crippen molar-refractivity contribution in [1.82, 2.24) is 9.55 Å². The molecule has 0 saturated carbocycles. The molecule has 0 aliphatic rings. The summed E-state index contributed by atoms with van der Waals surface area (Å²) in [6.07, 6.45) is 3.34. The van der Waals surface area contributed by atoms with Crippen LogP contribution < -0.4 is 5.56 Å². The lowest BCUT2D eigenvalue weighted by atomic mass is 10.1. The third kappa shape index (κ3) is 3.95. The predicted molar refractivity (Wildman–Crippen MR) is 116 cm³/mol. The number of aromatic carboxylic acids is 1. The average molecular weight is 413 g/mol. The van der Waals surface area contributed by atoms with Gasteiger partial charge in [-0.05, 0) is 60.2 Å². The van der Waals surface area contributed by atoms with Crippen LogP contribution in [0, 0.1) is 10.1 Å². The molecule has 8 nitrogen and oxygen atoms in total. The molecule has 0 unspecified atom stereocenters. The van der Waals surface area contributed by atoms with Crippen molar-refractivity contribution in [2.45, 2.75) is 0 Å². The van der Waals surface area contributed by atoms with E-state index >= 15 is 0 Å². The normalized spacial score (nSPS) is 11.1. The number of benzene rings is 3. The van der Waals surface area contributed by atoms with Crippen LogP contribution in [0.2, 0.25) is 0 Å². The highest BCUT2D eigenvalue weighted by molar-refractivity contribution is 5.88. The van der Waals surface area contributed by atoms with Crippen LogP contribution in [0.5, 0.6) is 0 Å². The van der Waals surface area contributed by atoms with E-state index in [1.807, 2.05) is 0 Å². The highest BCUT2D eigenvalue weighted by atomic mass is 16.6. The van der Waals surface area contributed by atoms with Crippen LogP contribution in [-0.2, 0) is 0 Å². The van der Waals surface area contributed by atoms with Gasteiger partial charge in [0.2, 0.25) is 0 Å². The van der Waals surface area contributed by atoms with E-state index in [2.05, 4.69) is 4.98 Å². The number of fused-ring (bicyclic) bond motifs is 1. The standard InChI is InChI=1S/C23H15N3O5/c27-22-19-3-1-2-4-20(19)24-21(14-7-15-5-10-18(11-6-15)26(30)31)25(22)17-12-8-16(9-13-17)23(28)29/h1-14H,(H,28,29)/b14-7+. The van der Waals surface area contributed by atoms with E-state index in [0.29, 0.717) is 28.0 Å². The molecule has 0 fully saturated rings. The fourth-order valence-electron chi connectivity index (χ4n) is 3.14. The van der Waals surface area contributed by atoms with Gasteiger partial charge >= 0.3 is 5.97 Å². The summed E-state index contributed by atoms with van der Waals surface area (Å²) in [6.45, 7) is 0. The molecule has 0 saturated heterocycles. The molecule has 4 rings (SSSR count). The van der Waals surface area contributed by atoms with Gasteiger partial charge in [-0.2, -0.15) is 0 Å². The molecule has 1 N–H and O–H groups in total. The monoisotopic (exact) mass is 413 g/mol. The van der Waals surface area contributed by atoms with Crippen molar-refractivity contribution < 1.29 is 14.8 Å². The van der Waals surface area contributed by atoms with Crippen LogP contribution in [0.25, 0.3) is 28.7 Å². The fourth-order valence-corrected chi connectivity index (χ4v) is 3.14. The van der Waals surface area contributed by atoms with Crippen molar-refractivity contribution in [1.29, 1.82) is 0 Å². The van der Waals surface area contributed by atoms with Crippen LogP contribution >= 0.6 is 0 Å². The summed E-state index contributed by atoms with van der Waals surface area (Å²) in [5, 5.41) is 20.4. The first-order valence-corrected chi connectivity index (χ1v) is 9.22. The Morgan fingerprint density at radius 2 is 1.65 bits per heavy atom. The summed E-state index contributed by atoms with van der Waals surface area (Å²) in [6, 6.07) is 18.9. The number of hydrogen-bond donors (Lipinski definition) is 1. The topological polar surface area (TPSA) is 115 Å². The number of para-hydroxylation sites is 1. The molecular weight excluding hydrogens is 398 g/mol. The number of rotatable bonds is 5. The Balaban J connectivity index is 1.85. The van der Waals surface area contributed by atoms with Gasteiger partial charge in [-0.25, -0.2) is 9.78 Å². The first-order valence-electron chi connectivity index (χ1n) is 9.22. The van der Waals surface area contributed by atoms with Crippen molar-refractivity contribution in [3.8, 4) is 5.69 Å². The molecular formula is C23H15N3O5. The molecule has 31 heavy (non-hydrogen) atoms. The van der Waals surface area contributed by atoms with E-state index in [4.69, 9.17) is 5.11 Å². The van der Waals surface area contributed by atoms with E-state index in [-0.39, 0.29) is 16.8 Å². The first-order chi connectivity index (χ1) is 14.9. The highest BCUT2D eigenvalue weighted by Gasteiger charge is 2.12. The molecule has 0 aliphatic heterocycles. The Kier molecular flexibility index (Phi) is 5.11. The molecule has 4 aromatic rings. The zero-order valence-electron chi connectivity index (χ0n) is 16.0. The van der Waals surface area contributed by atoms with Crippen LogP contribution in [0.4, 0.5) is 5.69 Å². The maximum Gasteiger partial charge on any atom is 0.335 e. The van der Waals surface area contributed by atoms with E-state index in [0.717, 1.165) is 0 Å². The van der Waals surface area contributed by atoms with Gasteiger partial charge in [-0.3, -0.25) is 19.5 Å². The minimum atomic E-state index is -1.06. The summed E-state index contributed by atoms with van der Waals surface area (Å²) in [7, 11) is 0. The summed E-state index contributed by atoms with van der Waals surface area (Å²) in [5.74, 6) is -0.723. The Bertz CT molecular complexity index is 1390. The second kappa shape index (κ2) is 8.03. The Labute approximate surface area is 175 Å². The number of nitro groups is 1. The number of carbonyl (C=O) groups is 1. The van der Waals surface area contributed by atoms with Crippen LogP contribution in [0.3, 0.4) is 0 Å². The van der Waals surface area contributed by atoms with Gasteiger partial charge in [-0.15, -0.1) is 0 Å². The predicted octanol–water partition coefficient (Wildman–Crippen LogP) is 4.16. The molecule has 0 aliphatic carbocycles. The molecule has 0 bridgehead atoms. The molecule has 0 atom stereocenters. The average Bonchev–Trinajstić information content (AvgIpc) is 2.78. The van der Waals surface area contributed by atoms with E-state index in [1.54, 1.807) is 60.7 Å². The third-order valence-corrected chi connectivity index (χ3v) is 4.70. The van der Waals surface area contributed by atoms with Crippen LogP contribution in [0.15, 0.2) is 77.6 Å². The molecule has 0 amide bonds. The van der Waals surface area contributed by atoms with Gasteiger partial charge in [-0.1, -0.05) is 18.2 Å². The summed E-state index contributed by atoms with van der Waals surface area (Å²) < 4.78 is 1.40. The number of nitrogens with zero attached hydrogens (tertiary/aromatic N) is 3. The smallest absolute Gasteiger partial charge is 0.335 e. The Morgan fingerprint density at radius 1 is 0.968 bits per heavy atom. The maximum absolute atomic E-state index is 13.2. The minimum Gasteiger partial charge on any atom is -0.478 e. The van der Waals surface area contributed by atoms with Gasteiger partial charge in [0.25, 0.3) is 11.2 Å². The molecule has 1 heterocycles. The molecule has 1 aromatic heterocycles. The number of carboxylic acids is 1. The molecule has 3 aromatic carbocycles. The number of aromatic nitrogens is 2. The van der Waals surface area contributed by atoms with Crippen LogP contribution in [-0.4, -0.2) is 25.6 Å². The largest absolute Gasteiger partial charge is 0.478 e. The number of carboxylic acid groups (broad SMARTS) is 1. The van der Waals surface area contributed by atoms with Crippen molar-refractivity contribution in [2.75, 3.05) is 0 Å². The lowest BCUT2D eigenvalue weighted by molar-refractivity contribution is -0.384. The zero-order chi connectivity index (χ0) is 22.0. The maximum atomic E-state index is 13.2. The molecule has 0 radical (unpaired) electrons.